The molecule has 0 fully saturated rings. The zero-order chi connectivity index (χ0) is 19.8. The number of hydrogen-bond donors (Lipinski definition) is 0. The smallest absolute Gasteiger partial charge is 0.308 e. The van der Waals surface area contributed by atoms with Gasteiger partial charge < -0.3 is 9.05 Å². The minimum Gasteiger partial charge on any atom is -0.308 e. The SMILES string of the molecule is CCOP(=O)(OCC)[C@@H](c1ccccc1)C(c1ccccc1)c1ccccc1. The fourth-order valence-corrected chi connectivity index (χ4v) is 6.01. The van der Waals surface area contributed by atoms with E-state index in [4.69, 9.17) is 9.05 Å². The van der Waals surface area contributed by atoms with Gasteiger partial charge in [0.05, 0.1) is 18.9 Å². The van der Waals surface area contributed by atoms with E-state index in [1.807, 2.05) is 80.6 Å². The van der Waals surface area contributed by atoms with Gasteiger partial charge in [0.15, 0.2) is 0 Å². The van der Waals surface area contributed by atoms with Crippen molar-refractivity contribution in [2.24, 2.45) is 0 Å². The van der Waals surface area contributed by atoms with Crippen LogP contribution in [0.3, 0.4) is 0 Å². The van der Waals surface area contributed by atoms with Crippen molar-refractivity contribution in [3.05, 3.63) is 108 Å². The van der Waals surface area contributed by atoms with E-state index in [0.29, 0.717) is 13.2 Å². The summed E-state index contributed by atoms with van der Waals surface area (Å²) in [6, 6.07) is 30.3. The molecule has 0 aliphatic heterocycles. The topological polar surface area (TPSA) is 35.5 Å². The summed E-state index contributed by atoms with van der Waals surface area (Å²) in [5.74, 6) is -0.159. The third kappa shape index (κ3) is 4.62. The highest BCUT2D eigenvalue weighted by Crippen LogP contribution is 2.66. The molecule has 0 aliphatic rings. The predicted molar refractivity (Wildman–Crippen MR) is 115 cm³/mol. The first-order valence-electron chi connectivity index (χ1n) is 9.73. The van der Waals surface area contributed by atoms with Crippen molar-refractivity contribution in [1.29, 1.82) is 0 Å². The largest absolute Gasteiger partial charge is 0.339 e. The lowest BCUT2D eigenvalue weighted by Crippen LogP contribution is -2.17. The second-order valence-electron chi connectivity index (χ2n) is 6.53. The summed E-state index contributed by atoms with van der Waals surface area (Å²) >= 11 is 0. The van der Waals surface area contributed by atoms with E-state index >= 15 is 0 Å². The van der Waals surface area contributed by atoms with Crippen molar-refractivity contribution in [3.63, 3.8) is 0 Å². The van der Waals surface area contributed by atoms with E-state index in [0.717, 1.165) is 16.7 Å². The first kappa shape index (κ1) is 20.5. The van der Waals surface area contributed by atoms with Gasteiger partial charge in [-0.05, 0) is 30.5 Å². The third-order valence-electron chi connectivity index (χ3n) is 4.73. The Bertz CT molecular complexity index is 832. The van der Waals surface area contributed by atoms with Gasteiger partial charge in [-0.25, -0.2) is 0 Å². The van der Waals surface area contributed by atoms with Crippen LogP contribution in [0.25, 0.3) is 0 Å². The van der Waals surface area contributed by atoms with Gasteiger partial charge in [0.25, 0.3) is 0 Å². The lowest BCUT2D eigenvalue weighted by Gasteiger charge is -2.33. The highest BCUT2D eigenvalue weighted by molar-refractivity contribution is 7.54. The summed E-state index contributed by atoms with van der Waals surface area (Å²) in [5.41, 5.74) is 2.67. The van der Waals surface area contributed by atoms with Gasteiger partial charge in [-0.15, -0.1) is 0 Å². The maximum atomic E-state index is 14.1. The highest BCUT2D eigenvalue weighted by Gasteiger charge is 2.43. The average molecular weight is 394 g/mol. The zero-order valence-corrected chi connectivity index (χ0v) is 17.3. The number of hydrogen-bond acceptors (Lipinski definition) is 3. The summed E-state index contributed by atoms with van der Waals surface area (Å²) in [6.07, 6.45) is 0. The molecule has 28 heavy (non-hydrogen) atoms. The molecule has 0 saturated heterocycles. The van der Waals surface area contributed by atoms with E-state index in [-0.39, 0.29) is 5.92 Å². The minimum absolute atomic E-state index is 0.159. The van der Waals surface area contributed by atoms with Crippen molar-refractivity contribution in [2.45, 2.75) is 25.4 Å². The van der Waals surface area contributed by atoms with Crippen LogP contribution in [-0.4, -0.2) is 13.2 Å². The standard InChI is InChI=1S/C24H27O3P/c1-3-26-28(25,27-4-2)24(22-18-12-7-13-19-22)23(20-14-8-5-9-15-20)21-16-10-6-11-17-21/h5-19,23-24H,3-4H2,1-2H3/t24-/m0/s1. The molecule has 0 aliphatic carbocycles. The molecule has 1 atom stereocenters. The summed E-state index contributed by atoms with van der Waals surface area (Å²) in [7, 11) is -3.44. The average Bonchev–Trinajstić information content (AvgIpc) is 2.74. The van der Waals surface area contributed by atoms with Crippen molar-refractivity contribution in [2.75, 3.05) is 13.2 Å². The summed E-state index contributed by atoms with van der Waals surface area (Å²) in [5, 5.41) is 0. The lowest BCUT2D eigenvalue weighted by atomic mass is 9.85. The molecule has 0 saturated carbocycles. The van der Waals surface area contributed by atoms with Gasteiger partial charge in [-0.1, -0.05) is 91.0 Å². The Balaban J connectivity index is 2.24. The van der Waals surface area contributed by atoms with Crippen LogP contribution >= 0.6 is 7.60 Å². The van der Waals surface area contributed by atoms with Crippen LogP contribution in [0, 0.1) is 0 Å². The molecule has 0 aromatic heterocycles. The quantitative estimate of drug-likeness (QED) is 0.373. The summed E-state index contributed by atoms with van der Waals surface area (Å²) in [6.45, 7) is 4.37. The fourth-order valence-electron chi connectivity index (χ4n) is 3.64. The maximum absolute atomic E-state index is 14.1. The molecule has 0 spiro atoms. The van der Waals surface area contributed by atoms with Gasteiger partial charge >= 0.3 is 7.60 Å². The Kier molecular flexibility index (Phi) is 7.22. The van der Waals surface area contributed by atoms with Crippen molar-refractivity contribution >= 4 is 7.60 Å². The van der Waals surface area contributed by atoms with Gasteiger partial charge in [0.2, 0.25) is 0 Å². The Morgan fingerprint density at radius 3 is 1.36 bits per heavy atom. The molecule has 3 nitrogen and oxygen atoms in total. The van der Waals surface area contributed by atoms with E-state index in [2.05, 4.69) is 24.3 Å². The van der Waals surface area contributed by atoms with Crippen LogP contribution in [0.15, 0.2) is 91.0 Å². The van der Waals surface area contributed by atoms with Crippen LogP contribution in [0.5, 0.6) is 0 Å². The van der Waals surface area contributed by atoms with Crippen molar-refractivity contribution in [1.82, 2.24) is 0 Å². The van der Waals surface area contributed by atoms with Gasteiger partial charge in [0.1, 0.15) is 0 Å². The third-order valence-corrected chi connectivity index (χ3v) is 7.25. The van der Waals surface area contributed by atoms with Crippen LogP contribution < -0.4 is 0 Å². The van der Waals surface area contributed by atoms with Gasteiger partial charge in [-0.2, -0.15) is 0 Å². The van der Waals surface area contributed by atoms with Crippen LogP contribution in [0.4, 0.5) is 0 Å². The first-order valence-corrected chi connectivity index (χ1v) is 11.3. The molecule has 0 amide bonds. The van der Waals surface area contributed by atoms with Crippen LogP contribution in [0.2, 0.25) is 0 Å². The van der Waals surface area contributed by atoms with Crippen LogP contribution in [-0.2, 0) is 13.6 Å². The van der Waals surface area contributed by atoms with Gasteiger partial charge in [-0.3, -0.25) is 4.57 Å². The molecule has 0 heterocycles. The molecule has 0 radical (unpaired) electrons. The van der Waals surface area contributed by atoms with E-state index < -0.39 is 13.3 Å². The molecule has 3 rings (SSSR count). The molecule has 146 valence electrons. The molecule has 0 unspecified atom stereocenters. The Morgan fingerprint density at radius 1 is 0.643 bits per heavy atom. The molecule has 3 aromatic rings. The predicted octanol–water partition coefficient (Wildman–Crippen LogP) is 6.83. The van der Waals surface area contributed by atoms with E-state index in [1.54, 1.807) is 0 Å². The van der Waals surface area contributed by atoms with E-state index in [9.17, 15) is 4.57 Å². The lowest BCUT2D eigenvalue weighted by molar-refractivity contribution is 0.210. The van der Waals surface area contributed by atoms with Crippen molar-refractivity contribution in [3.8, 4) is 0 Å². The minimum atomic E-state index is -3.44. The number of benzene rings is 3. The zero-order valence-electron chi connectivity index (χ0n) is 16.4. The second-order valence-corrected chi connectivity index (χ2v) is 8.68. The second kappa shape index (κ2) is 9.84. The Hall–Kier alpha value is -2.19. The van der Waals surface area contributed by atoms with E-state index in [1.165, 1.54) is 0 Å². The molecular formula is C24H27O3P. The highest BCUT2D eigenvalue weighted by atomic mass is 31.2. The Labute approximate surface area is 167 Å². The first-order chi connectivity index (χ1) is 13.7. The van der Waals surface area contributed by atoms with Crippen molar-refractivity contribution < 1.29 is 13.6 Å². The molecule has 4 heteroatoms. The normalized spacial score (nSPS) is 12.8. The monoisotopic (exact) mass is 394 g/mol. The number of rotatable bonds is 9. The summed E-state index contributed by atoms with van der Waals surface area (Å²) in [4.78, 5) is 0. The molecular weight excluding hydrogens is 367 g/mol. The summed E-state index contributed by atoms with van der Waals surface area (Å²) < 4.78 is 25.7. The molecule has 0 bridgehead atoms. The Morgan fingerprint density at radius 2 is 1.00 bits per heavy atom. The van der Waals surface area contributed by atoms with Crippen LogP contribution in [0.1, 0.15) is 42.1 Å². The fraction of sp³-hybridized carbons (Fsp3) is 0.250. The van der Waals surface area contributed by atoms with Gasteiger partial charge in [0, 0.05) is 5.92 Å². The maximum Gasteiger partial charge on any atom is 0.339 e. The molecule has 3 aromatic carbocycles. The molecule has 0 N–H and O–H groups in total.